The molecule has 0 saturated heterocycles. The Kier molecular flexibility index (Phi) is 6.52. The SMILES string of the molecule is CCC(C#N)(CC)C(=O)N(CCC(C)C)C1CCCC1. The molecule has 0 aromatic rings. The Labute approximate surface area is 124 Å². The summed E-state index contributed by atoms with van der Waals surface area (Å²) in [5.74, 6) is 0.670. The fourth-order valence-electron chi connectivity index (χ4n) is 3.10. The Morgan fingerprint density at radius 3 is 2.25 bits per heavy atom. The van der Waals surface area contributed by atoms with Crippen LogP contribution in [0, 0.1) is 22.7 Å². The molecule has 114 valence electrons. The molecule has 3 nitrogen and oxygen atoms in total. The van der Waals surface area contributed by atoms with Crippen molar-refractivity contribution in [2.45, 2.75) is 78.7 Å². The lowest BCUT2D eigenvalue weighted by molar-refractivity contribution is -0.142. The number of hydrogen-bond acceptors (Lipinski definition) is 2. The largest absolute Gasteiger partial charge is 0.338 e. The van der Waals surface area contributed by atoms with Crippen molar-refractivity contribution in [2.24, 2.45) is 11.3 Å². The molecular weight excluding hydrogens is 248 g/mol. The van der Waals surface area contributed by atoms with Gasteiger partial charge in [-0.2, -0.15) is 5.26 Å². The van der Waals surface area contributed by atoms with Crippen molar-refractivity contribution in [3.63, 3.8) is 0 Å². The number of carbonyl (C=O) groups is 1. The maximum Gasteiger partial charge on any atom is 0.243 e. The van der Waals surface area contributed by atoms with E-state index in [0.29, 0.717) is 24.8 Å². The summed E-state index contributed by atoms with van der Waals surface area (Å²) in [5.41, 5.74) is -0.806. The van der Waals surface area contributed by atoms with Crippen molar-refractivity contribution in [2.75, 3.05) is 6.54 Å². The highest BCUT2D eigenvalue weighted by Crippen LogP contribution is 2.33. The number of nitrogens with zero attached hydrogens (tertiary/aromatic N) is 2. The summed E-state index contributed by atoms with van der Waals surface area (Å²) < 4.78 is 0. The lowest BCUT2D eigenvalue weighted by Gasteiger charge is -2.36. The third-order valence-corrected chi connectivity index (χ3v) is 4.80. The Bertz CT molecular complexity index is 346. The molecule has 1 aliphatic rings. The molecule has 1 rings (SSSR count). The number of amides is 1. The van der Waals surface area contributed by atoms with Crippen LogP contribution in [0.15, 0.2) is 0 Å². The van der Waals surface area contributed by atoms with Gasteiger partial charge in [0.2, 0.25) is 5.91 Å². The second-order valence-corrected chi connectivity index (χ2v) is 6.52. The summed E-state index contributed by atoms with van der Waals surface area (Å²) in [4.78, 5) is 15.0. The van der Waals surface area contributed by atoms with E-state index in [1.54, 1.807) is 0 Å². The number of rotatable bonds is 7. The van der Waals surface area contributed by atoms with Gasteiger partial charge in [0, 0.05) is 12.6 Å². The van der Waals surface area contributed by atoms with Gasteiger partial charge in [-0.15, -0.1) is 0 Å². The van der Waals surface area contributed by atoms with Crippen LogP contribution in [-0.2, 0) is 4.79 Å². The topological polar surface area (TPSA) is 44.1 Å². The van der Waals surface area contributed by atoms with E-state index in [1.165, 1.54) is 12.8 Å². The summed E-state index contributed by atoms with van der Waals surface area (Å²) in [6.07, 6.45) is 6.91. The van der Waals surface area contributed by atoms with Crippen molar-refractivity contribution in [1.82, 2.24) is 4.90 Å². The van der Waals surface area contributed by atoms with Gasteiger partial charge in [0.1, 0.15) is 5.41 Å². The summed E-state index contributed by atoms with van der Waals surface area (Å²) in [6.45, 7) is 9.10. The van der Waals surface area contributed by atoms with Gasteiger partial charge in [0.05, 0.1) is 6.07 Å². The second-order valence-electron chi connectivity index (χ2n) is 6.52. The van der Waals surface area contributed by atoms with Crippen LogP contribution in [0.25, 0.3) is 0 Å². The lowest BCUT2D eigenvalue weighted by atomic mass is 9.82. The van der Waals surface area contributed by atoms with Gasteiger partial charge < -0.3 is 4.90 Å². The molecule has 1 saturated carbocycles. The molecule has 0 aliphatic heterocycles. The van der Waals surface area contributed by atoms with Gasteiger partial charge >= 0.3 is 0 Å². The molecule has 1 aliphatic carbocycles. The Morgan fingerprint density at radius 2 is 1.85 bits per heavy atom. The average Bonchev–Trinajstić information content (AvgIpc) is 2.95. The number of hydrogen-bond donors (Lipinski definition) is 0. The first kappa shape index (κ1) is 17.0. The smallest absolute Gasteiger partial charge is 0.243 e. The minimum atomic E-state index is -0.806. The van der Waals surface area contributed by atoms with Gasteiger partial charge in [-0.05, 0) is 38.0 Å². The first-order chi connectivity index (χ1) is 9.50. The van der Waals surface area contributed by atoms with E-state index in [2.05, 4.69) is 19.9 Å². The van der Waals surface area contributed by atoms with Crippen LogP contribution in [0.5, 0.6) is 0 Å². The standard InChI is InChI=1S/C17H30N2O/c1-5-17(6-2,13-18)16(20)19(12-11-14(3)4)15-9-7-8-10-15/h14-15H,5-12H2,1-4H3. The van der Waals surface area contributed by atoms with Crippen molar-refractivity contribution < 1.29 is 4.79 Å². The number of nitriles is 1. The van der Waals surface area contributed by atoms with E-state index in [9.17, 15) is 10.1 Å². The molecule has 0 heterocycles. The summed E-state index contributed by atoms with van der Waals surface area (Å²) in [6, 6.07) is 2.68. The van der Waals surface area contributed by atoms with Crippen LogP contribution in [-0.4, -0.2) is 23.4 Å². The van der Waals surface area contributed by atoms with Crippen LogP contribution >= 0.6 is 0 Å². The molecule has 0 radical (unpaired) electrons. The fourth-order valence-corrected chi connectivity index (χ4v) is 3.10. The summed E-state index contributed by atoms with van der Waals surface area (Å²) in [7, 11) is 0. The number of carbonyl (C=O) groups excluding carboxylic acids is 1. The maximum atomic E-state index is 13.0. The van der Waals surface area contributed by atoms with E-state index < -0.39 is 5.41 Å². The predicted molar refractivity (Wildman–Crippen MR) is 82.1 cm³/mol. The van der Waals surface area contributed by atoms with Gasteiger partial charge in [-0.3, -0.25) is 4.79 Å². The molecule has 0 atom stereocenters. The summed E-state index contributed by atoms with van der Waals surface area (Å²) >= 11 is 0. The monoisotopic (exact) mass is 278 g/mol. The van der Waals surface area contributed by atoms with Gasteiger partial charge in [-0.25, -0.2) is 0 Å². The molecule has 0 N–H and O–H groups in total. The van der Waals surface area contributed by atoms with Gasteiger partial charge in [0.15, 0.2) is 0 Å². The molecule has 0 aromatic carbocycles. The molecule has 3 heteroatoms. The zero-order valence-electron chi connectivity index (χ0n) is 13.6. The van der Waals surface area contributed by atoms with E-state index in [-0.39, 0.29) is 5.91 Å². The van der Waals surface area contributed by atoms with Gasteiger partial charge in [0.25, 0.3) is 0 Å². The van der Waals surface area contributed by atoms with E-state index in [4.69, 9.17) is 0 Å². The third kappa shape index (κ3) is 3.75. The first-order valence-electron chi connectivity index (χ1n) is 8.23. The van der Waals surface area contributed by atoms with Crippen LogP contribution in [0.2, 0.25) is 0 Å². The molecule has 0 bridgehead atoms. The molecule has 1 amide bonds. The minimum absolute atomic E-state index is 0.0811. The third-order valence-electron chi connectivity index (χ3n) is 4.80. The van der Waals surface area contributed by atoms with Crippen LogP contribution in [0.4, 0.5) is 0 Å². The first-order valence-corrected chi connectivity index (χ1v) is 8.23. The molecule has 0 unspecified atom stereocenters. The van der Waals surface area contributed by atoms with Crippen molar-refractivity contribution in [3.8, 4) is 6.07 Å². The quantitative estimate of drug-likeness (QED) is 0.702. The normalized spacial score (nSPS) is 16.4. The Hall–Kier alpha value is -1.04. The van der Waals surface area contributed by atoms with E-state index >= 15 is 0 Å². The van der Waals surface area contributed by atoms with Crippen LogP contribution in [0.1, 0.15) is 72.6 Å². The zero-order valence-corrected chi connectivity index (χ0v) is 13.6. The zero-order chi connectivity index (χ0) is 15.2. The van der Waals surface area contributed by atoms with E-state index in [0.717, 1.165) is 25.8 Å². The van der Waals surface area contributed by atoms with Crippen molar-refractivity contribution in [3.05, 3.63) is 0 Å². The van der Waals surface area contributed by atoms with Gasteiger partial charge in [-0.1, -0.05) is 40.5 Å². The molecule has 1 fully saturated rings. The fraction of sp³-hybridized carbons (Fsp3) is 0.882. The predicted octanol–water partition coefficient (Wildman–Crippen LogP) is 4.13. The maximum absolute atomic E-state index is 13.0. The van der Waals surface area contributed by atoms with Crippen molar-refractivity contribution >= 4 is 5.91 Å². The van der Waals surface area contributed by atoms with Crippen LogP contribution in [0.3, 0.4) is 0 Å². The second kappa shape index (κ2) is 7.67. The molecule has 20 heavy (non-hydrogen) atoms. The lowest BCUT2D eigenvalue weighted by Crippen LogP contribution is -2.48. The Morgan fingerprint density at radius 1 is 1.30 bits per heavy atom. The van der Waals surface area contributed by atoms with Crippen LogP contribution < -0.4 is 0 Å². The minimum Gasteiger partial charge on any atom is -0.338 e. The van der Waals surface area contributed by atoms with Crippen molar-refractivity contribution in [1.29, 1.82) is 5.26 Å². The average molecular weight is 278 g/mol. The molecule has 0 spiro atoms. The van der Waals surface area contributed by atoms with E-state index in [1.807, 2.05) is 18.7 Å². The highest BCUT2D eigenvalue weighted by atomic mass is 16.2. The Balaban J connectivity index is 2.90. The highest BCUT2D eigenvalue weighted by Gasteiger charge is 2.41. The highest BCUT2D eigenvalue weighted by molar-refractivity contribution is 5.85. The molecule has 0 aromatic heterocycles. The summed E-state index contributed by atoms with van der Waals surface area (Å²) in [5, 5.41) is 9.52. The molecular formula is C17H30N2O.